The lowest BCUT2D eigenvalue weighted by Gasteiger charge is -2.42. The highest BCUT2D eigenvalue weighted by Crippen LogP contribution is 2.42. The number of hydrogen-bond acceptors (Lipinski definition) is 3. The maximum atomic E-state index is 13.0. The normalized spacial score (nSPS) is 14.1. The van der Waals surface area contributed by atoms with E-state index in [4.69, 9.17) is 8.85 Å². The fraction of sp³-hybridized carbons (Fsp3) is 0.952. The van der Waals surface area contributed by atoms with Crippen LogP contribution in [0, 0.1) is 0 Å². The Morgan fingerprint density at radius 1 is 0.926 bits per heavy atom. The molecule has 0 bridgehead atoms. The van der Waals surface area contributed by atoms with Crippen LogP contribution in [0.4, 0.5) is 4.79 Å². The standard InChI is InChI=1S/C21H47NO3Si2/c1-12-20(9)24-26(10,11)16-14-15-22(13-2)21(23)25-27(17(3)4,18(5)6)19(7)8/h17-20H,12-16H2,1-11H3. The van der Waals surface area contributed by atoms with Crippen LogP contribution in [0.1, 0.15) is 75.2 Å². The molecule has 0 aromatic rings. The summed E-state index contributed by atoms with van der Waals surface area (Å²) < 4.78 is 12.6. The molecule has 4 nitrogen and oxygen atoms in total. The molecule has 1 atom stereocenters. The Morgan fingerprint density at radius 2 is 1.41 bits per heavy atom. The molecule has 0 aromatic carbocycles. The molecule has 0 heterocycles. The quantitative estimate of drug-likeness (QED) is 0.320. The van der Waals surface area contributed by atoms with Crippen molar-refractivity contribution in [2.24, 2.45) is 0 Å². The molecular formula is C21H47NO3Si2. The van der Waals surface area contributed by atoms with Crippen LogP contribution in [0.2, 0.25) is 35.8 Å². The van der Waals surface area contributed by atoms with Crippen LogP contribution >= 0.6 is 0 Å². The molecule has 162 valence electrons. The van der Waals surface area contributed by atoms with Gasteiger partial charge in [0.1, 0.15) is 0 Å². The van der Waals surface area contributed by atoms with Gasteiger partial charge in [-0.3, -0.25) is 0 Å². The van der Waals surface area contributed by atoms with Crippen molar-refractivity contribution in [2.45, 2.75) is 117 Å². The third-order valence-corrected chi connectivity index (χ3v) is 14.5. The van der Waals surface area contributed by atoms with E-state index in [0.717, 1.165) is 25.4 Å². The zero-order valence-electron chi connectivity index (χ0n) is 20.0. The van der Waals surface area contributed by atoms with Crippen molar-refractivity contribution in [2.75, 3.05) is 13.1 Å². The van der Waals surface area contributed by atoms with Gasteiger partial charge in [-0.15, -0.1) is 0 Å². The first-order valence-corrected chi connectivity index (χ1v) is 16.2. The van der Waals surface area contributed by atoms with Crippen molar-refractivity contribution in [3.8, 4) is 0 Å². The zero-order valence-corrected chi connectivity index (χ0v) is 22.0. The summed E-state index contributed by atoms with van der Waals surface area (Å²) >= 11 is 0. The van der Waals surface area contributed by atoms with Gasteiger partial charge in [0.2, 0.25) is 0 Å². The Hall–Kier alpha value is -0.336. The summed E-state index contributed by atoms with van der Waals surface area (Å²) in [6, 6.07) is 1.07. The predicted molar refractivity (Wildman–Crippen MR) is 123 cm³/mol. The molecule has 1 amide bonds. The predicted octanol–water partition coefficient (Wildman–Crippen LogP) is 7.03. The highest BCUT2D eigenvalue weighted by atomic mass is 28.4. The Morgan fingerprint density at radius 3 is 1.78 bits per heavy atom. The second-order valence-corrected chi connectivity index (χ2v) is 19.1. The van der Waals surface area contributed by atoms with Gasteiger partial charge in [-0.1, -0.05) is 48.5 Å². The van der Waals surface area contributed by atoms with Gasteiger partial charge < -0.3 is 13.8 Å². The first-order chi connectivity index (χ1) is 12.3. The van der Waals surface area contributed by atoms with Gasteiger partial charge in [0, 0.05) is 19.2 Å². The van der Waals surface area contributed by atoms with Gasteiger partial charge in [-0.25, -0.2) is 4.79 Å². The number of carbonyl (C=O) groups excluding carboxylic acids is 1. The molecule has 0 aliphatic carbocycles. The van der Waals surface area contributed by atoms with Crippen LogP contribution in [0.5, 0.6) is 0 Å². The van der Waals surface area contributed by atoms with E-state index in [1.165, 1.54) is 0 Å². The fourth-order valence-electron chi connectivity index (χ4n) is 4.33. The summed E-state index contributed by atoms with van der Waals surface area (Å²) in [6.45, 7) is 25.7. The van der Waals surface area contributed by atoms with Crippen molar-refractivity contribution >= 4 is 22.7 Å². The zero-order chi connectivity index (χ0) is 21.4. The van der Waals surface area contributed by atoms with Crippen LogP contribution < -0.4 is 0 Å². The van der Waals surface area contributed by atoms with Crippen molar-refractivity contribution in [3.63, 3.8) is 0 Å². The van der Waals surface area contributed by atoms with E-state index >= 15 is 0 Å². The van der Waals surface area contributed by atoms with E-state index in [9.17, 15) is 4.79 Å². The SMILES string of the molecule is CCC(C)O[Si](C)(C)CCCN(CC)C(=O)O[Si](C(C)C)(C(C)C)C(C)C. The molecule has 1 unspecified atom stereocenters. The largest absolute Gasteiger partial charge is 0.503 e. The Kier molecular flexibility index (Phi) is 11.5. The average Bonchev–Trinajstić information content (AvgIpc) is 2.54. The second-order valence-electron chi connectivity index (χ2n) is 9.47. The molecule has 0 aliphatic heterocycles. The van der Waals surface area contributed by atoms with E-state index in [1.54, 1.807) is 0 Å². The van der Waals surface area contributed by atoms with Crippen molar-refractivity contribution in [3.05, 3.63) is 0 Å². The third-order valence-electron chi connectivity index (χ3n) is 5.91. The molecule has 6 heteroatoms. The fourth-order valence-corrected chi connectivity index (χ4v) is 11.9. The van der Waals surface area contributed by atoms with Crippen molar-refractivity contribution in [1.29, 1.82) is 0 Å². The Labute approximate surface area is 171 Å². The van der Waals surface area contributed by atoms with Crippen LogP contribution in [0.25, 0.3) is 0 Å². The molecule has 27 heavy (non-hydrogen) atoms. The minimum absolute atomic E-state index is 0.109. The minimum atomic E-state index is -2.18. The molecule has 0 rings (SSSR count). The molecule has 0 saturated carbocycles. The summed E-state index contributed by atoms with van der Waals surface area (Å²) in [5.74, 6) is 0. The number of amides is 1. The molecule has 0 N–H and O–H groups in total. The topological polar surface area (TPSA) is 38.8 Å². The molecule has 0 aliphatic rings. The number of rotatable bonds is 12. The third kappa shape index (κ3) is 7.90. The highest BCUT2D eigenvalue weighted by Gasteiger charge is 2.48. The Balaban J connectivity index is 4.96. The lowest BCUT2D eigenvalue weighted by atomic mass is 10.3. The summed E-state index contributed by atoms with van der Waals surface area (Å²) in [5.41, 5.74) is 1.24. The smallest absolute Gasteiger partial charge is 0.396 e. The first-order valence-electron chi connectivity index (χ1n) is 11.0. The van der Waals surface area contributed by atoms with E-state index in [-0.39, 0.29) is 6.09 Å². The molecule has 0 aromatic heterocycles. The summed E-state index contributed by atoms with van der Waals surface area (Å²) in [5, 5.41) is 0. The van der Waals surface area contributed by atoms with Crippen LogP contribution in [-0.2, 0) is 8.85 Å². The molecule has 0 spiro atoms. The second kappa shape index (κ2) is 11.6. The maximum absolute atomic E-state index is 13.0. The van der Waals surface area contributed by atoms with Crippen molar-refractivity contribution in [1.82, 2.24) is 4.90 Å². The van der Waals surface area contributed by atoms with E-state index in [1.807, 2.05) is 11.8 Å². The highest BCUT2D eigenvalue weighted by molar-refractivity contribution is 6.78. The van der Waals surface area contributed by atoms with Gasteiger partial charge in [0.15, 0.2) is 8.32 Å². The Bertz CT molecular complexity index is 417. The van der Waals surface area contributed by atoms with Crippen LogP contribution in [-0.4, -0.2) is 46.8 Å². The van der Waals surface area contributed by atoms with Gasteiger partial charge in [-0.2, -0.15) is 0 Å². The van der Waals surface area contributed by atoms with E-state index in [2.05, 4.69) is 68.5 Å². The minimum Gasteiger partial charge on any atom is -0.503 e. The summed E-state index contributed by atoms with van der Waals surface area (Å²) in [7, 11) is -3.85. The summed E-state index contributed by atoms with van der Waals surface area (Å²) in [4.78, 5) is 14.9. The lowest BCUT2D eigenvalue weighted by molar-refractivity contribution is 0.147. The molecule has 0 radical (unpaired) electrons. The number of carbonyl (C=O) groups is 1. The van der Waals surface area contributed by atoms with E-state index in [0.29, 0.717) is 29.3 Å². The first kappa shape index (κ1) is 26.7. The van der Waals surface area contributed by atoms with E-state index < -0.39 is 16.6 Å². The molecule has 0 saturated heterocycles. The maximum Gasteiger partial charge on any atom is 0.396 e. The van der Waals surface area contributed by atoms with Gasteiger partial charge >= 0.3 is 6.09 Å². The number of nitrogens with zero attached hydrogens (tertiary/aromatic N) is 1. The van der Waals surface area contributed by atoms with Crippen LogP contribution in [0.3, 0.4) is 0 Å². The number of hydrogen-bond donors (Lipinski definition) is 0. The average molecular weight is 418 g/mol. The lowest BCUT2D eigenvalue weighted by Crippen LogP contribution is -2.52. The van der Waals surface area contributed by atoms with Gasteiger partial charge in [0.25, 0.3) is 8.32 Å². The van der Waals surface area contributed by atoms with Gasteiger partial charge in [0.05, 0.1) is 0 Å². The van der Waals surface area contributed by atoms with Gasteiger partial charge in [-0.05, 0) is 62.5 Å². The molecule has 0 fully saturated rings. The van der Waals surface area contributed by atoms with Crippen LogP contribution in [0.15, 0.2) is 0 Å². The summed E-state index contributed by atoms with van der Waals surface area (Å²) in [6.07, 6.45) is 2.25. The van der Waals surface area contributed by atoms with Crippen molar-refractivity contribution < 1.29 is 13.6 Å². The molecular weight excluding hydrogens is 370 g/mol. The monoisotopic (exact) mass is 417 g/mol.